The summed E-state index contributed by atoms with van der Waals surface area (Å²) < 4.78 is 0. The van der Waals surface area contributed by atoms with Crippen molar-refractivity contribution in [3.8, 4) is 0 Å². The Morgan fingerprint density at radius 2 is 1.62 bits per heavy atom. The van der Waals surface area contributed by atoms with Gasteiger partial charge >= 0.3 is 0 Å². The van der Waals surface area contributed by atoms with Gasteiger partial charge in [-0.15, -0.1) is 0 Å². The zero-order valence-corrected chi connectivity index (χ0v) is 4.33. The highest BCUT2D eigenvalue weighted by Crippen LogP contribution is 2.02. The summed E-state index contributed by atoms with van der Waals surface area (Å²) in [5.74, 6) is 0. The lowest BCUT2D eigenvalue weighted by molar-refractivity contribution is 1.34. The van der Waals surface area contributed by atoms with Crippen molar-refractivity contribution in [3.63, 3.8) is 0 Å². The van der Waals surface area contributed by atoms with Crippen molar-refractivity contribution in [1.29, 1.82) is 0 Å². The van der Waals surface area contributed by atoms with Gasteiger partial charge in [-0.1, -0.05) is 0 Å². The Bertz CT molecular complexity index is 168. The van der Waals surface area contributed by atoms with Crippen molar-refractivity contribution in [2.75, 3.05) is 11.5 Å². The molecule has 0 fully saturated rings. The first kappa shape index (κ1) is 4.90. The van der Waals surface area contributed by atoms with Gasteiger partial charge in [-0.25, -0.2) is 0 Å². The molecule has 0 aliphatic carbocycles. The summed E-state index contributed by atoms with van der Waals surface area (Å²) in [6.45, 7) is 0. The number of rotatable bonds is 0. The third-order valence-corrected chi connectivity index (χ3v) is 0.781. The first-order valence-corrected chi connectivity index (χ1v) is 2.25. The third kappa shape index (κ3) is 0.872. The molecule has 3 heteroatoms. The number of nitrogen functional groups attached to an aromatic ring is 2. The topological polar surface area (TPSA) is 64.9 Å². The van der Waals surface area contributed by atoms with Gasteiger partial charge in [-0.3, -0.25) is 4.98 Å². The molecule has 0 aliphatic rings. The van der Waals surface area contributed by atoms with Crippen molar-refractivity contribution in [3.05, 3.63) is 18.5 Å². The highest BCUT2D eigenvalue weighted by atomic mass is 14.7. The van der Waals surface area contributed by atoms with Crippen molar-refractivity contribution in [2.24, 2.45) is 0 Å². The van der Waals surface area contributed by atoms with Gasteiger partial charge in [0.15, 0.2) is 0 Å². The van der Waals surface area contributed by atoms with Crippen LogP contribution in [-0.2, 0) is 0 Å². The second kappa shape index (κ2) is 1.69. The number of nitrogens with two attached hydrogens (primary N) is 2. The summed E-state index contributed by atoms with van der Waals surface area (Å²) in [4.78, 5) is 3.73. The molecule has 8 heavy (non-hydrogen) atoms. The molecule has 0 amide bonds. The van der Waals surface area contributed by atoms with Crippen LogP contribution in [0.4, 0.5) is 11.4 Å². The molecule has 0 saturated carbocycles. The van der Waals surface area contributed by atoms with E-state index in [1.165, 1.54) is 0 Å². The first-order chi connectivity index (χ1) is 3.79. The summed E-state index contributed by atoms with van der Waals surface area (Å²) in [6.07, 6.45) is 3.10. The minimum absolute atomic E-state index is 0.602. The highest BCUT2D eigenvalue weighted by molar-refractivity contribution is 5.47. The van der Waals surface area contributed by atoms with Crippen molar-refractivity contribution in [1.82, 2.24) is 4.98 Å². The van der Waals surface area contributed by atoms with Gasteiger partial charge < -0.3 is 11.5 Å². The van der Waals surface area contributed by atoms with E-state index < -0.39 is 0 Å². The average Bonchev–Trinajstić information content (AvgIpc) is 1.64. The van der Waals surface area contributed by atoms with E-state index in [0.717, 1.165) is 0 Å². The molecule has 0 aromatic carbocycles. The van der Waals surface area contributed by atoms with Gasteiger partial charge in [0.1, 0.15) is 0 Å². The van der Waals surface area contributed by atoms with Gasteiger partial charge in [0.25, 0.3) is 0 Å². The lowest BCUT2D eigenvalue weighted by Crippen LogP contribution is -1.89. The van der Waals surface area contributed by atoms with Crippen LogP contribution < -0.4 is 11.5 Å². The minimum atomic E-state index is 0.602. The number of aromatic nitrogens is 1. The fourth-order valence-electron chi connectivity index (χ4n) is 0.476. The summed E-state index contributed by atoms with van der Waals surface area (Å²) in [7, 11) is 0. The maximum atomic E-state index is 5.32. The molecular formula is C5H7N3. The predicted octanol–water partition coefficient (Wildman–Crippen LogP) is 0.246. The fourth-order valence-corrected chi connectivity index (χ4v) is 0.476. The largest absolute Gasteiger partial charge is 0.397 e. The van der Waals surface area contributed by atoms with Crippen LogP contribution >= 0.6 is 0 Å². The van der Waals surface area contributed by atoms with Crippen molar-refractivity contribution < 1.29 is 0 Å². The zero-order valence-electron chi connectivity index (χ0n) is 4.33. The molecule has 4 N–H and O–H groups in total. The Hall–Kier alpha value is -1.25. The van der Waals surface area contributed by atoms with E-state index >= 15 is 0 Å². The quantitative estimate of drug-likeness (QED) is 0.501. The first-order valence-electron chi connectivity index (χ1n) is 2.25. The van der Waals surface area contributed by atoms with E-state index in [1.807, 2.05) is 0 Å². The van der Waals surface area contributed by atoms with Crippen molar-refractivity contribution >= 4 is 11.4 Å². The third-order valence-electron chi connectivity index (χ3n) is 0.781. The monoisotopic (exact) mass is 109 g/mol. The molecule has 0 radical (unpaired) electrons. The van der Waals surface area contributed by atoms with E-state index in [9.17, 15) is 0 Å². The molecule has 42 valence electrons. The van der Waals surface area contributed by atoms with Gasteiger partial charge in [-0.05, 0) is 6.07 Å². The number of nitrogens with zero attached hydrogens (tertiary/aromatic N) is 1. The Kier molecular flexibility index (Phi) is 1.04. The van der Waals surface area contributed by atoms with E-state index in [4.69, 9.17) is 11.5 Å². The SMILES string of the molecule is Nc1cncc(N)c1. The second-order valence-corrected chi connectivity index (χ2v) is 1.55. The predicted molar refractivity (Wildman–Crippen MR) is 33.1 cm³/mol. The number of anilines is 2. The molecule has 0 aliphatic heterocycles. The lowest BCUT2D eigenvalue weighted by atomic mass is 10.4. The van der Waals surface area contributed by atoms with Crippen LogP contribution in [0.1, 0.15) is 0 Å². The van der Waals surface area contributed by atoms with Gasteiger partial charge in [0.2, 0.25) is 0 Å². The van der Waals surface area contributed by atoms with Crippen LogP contribution in [0.3, 0.4) is 0 Å². The van der Waals surface area contributed by atoms with Crippen LogP contribution in [-0.4, -0.2) is 4.98 Å². The van der Waals surface area contributed by atoms with Crippen LogP contribution in [0.2, 0.25) is 0 Å². The molecule has 0 spiro atoms. The molecule has 1 heterocycles. The molecule has 0 atom stereocenters. The van der Waals surface area contributed by atoms with Crippen LogP contribution in [0.5, 0.6) is 0 Å². The normalized spacial score (nSPS) is 9.00. The lowest BCUT2D eigenvalue weighted by Gasteiger charge is -1.90. The van der Waals surface area contributed by atoms with Gasteiger partial charge in [0.05, 0.1) is 11.4 Å². The van der Waals surface area contributed by atoms with Gasteiger partial charge in [-0.2, -0.15) is 0 Å². The summed E-state index contributed by atoms with van der Waals surface area (Å²) >= 11 is 0. The average molecular weight is 109 g/mol. The van der Waals surface area contributed by atoms with Crippen LogP contribution in [0.25, 0.3) is 0 Å². The van der Waals surface area contributed by atoms with Crippen molar-refractivity contribution in [2.45, 2.75) is 0 Å². The Balaban J connectivity index is 3.08. The van der Waals surface area contributed by atoms with Crippen LogP contribution in [0, 0.1) is 0 Å². The standard InChI is InChI=1S/C5H7N3/c6-4-1-5(7)3-8-2-4/h1-3H,6-7H2. The highest BCUT2D eigenvalue weighted by Gasteiger charge is 1.82. The zero-order chi connectivity index (χ0) is 5.98. The molecule has 1 rings (SSSR count). The maximum absolute atomic E-state index is 5.32. The molecule has 3 nitrogen and oxygen atoms in total. The van der Waals surface area contributed by atoms with E-state index in [-0.39, 0.29) is 0 Å². The Morgan fingerprint density at radius 1 is 1.12 bits per heavy atom. The maximum Gasteiger partial charge on any atom is 0.0521 e. The van der Waals surface area contributed by atoms with Crippen LogP contribution in [0.15, 0.2) is 18.5 Å². The molecule has 0 saturated heterocycles. The molecule has 1 aromatic rings. The van der Waals surface area contributed by atoms with E-state index in [2.05, 4.69) is 4.98 Å². The molecule has 0 bridgehead atoms. The molecule has 0 unspecified atom stereocenters. The van der Waals surface area contributed by atoms with E-state index in [0.29, 0.717) is 11.4 Å². The van der Waals surface area contributed by atoms with Gasteiger partial charge in [0, 0.05) is 12.4 Å². The van der Waals surface area contributed by atoms with E-state index in [1.54, 1.807) is 18.5 Å². The summed E-state index contributed by atoms with van der Waals surface area (Å²) in [6, 6.07) is 1.66. The summed E-state index contributed by atoms with van der Waals surface area (Å²) in [5, 5.41) is 0. The Labute approximate surface area is 47.3 Å². The molecule has 1 aromatic heterocycles. The minimum Gasteiger partial charge on any atom is -0.397 e. The number of hydrogen-bond donors (Lipinski definition) is 2. The Morgan fingerprint density at radius 3 is 1.88 bits per heavy atom. The smallest absolute Gasteiger partial charge is 0.0521 e. The fraction of sp³-hybridized carbons (Fsp3) is 0. The second-order valence-electron chi connectivity index (χ2n) is 1.55. The number of pyridine rings is 1. The molecular weight excluding hydrogens is 102 g/mol. The summed E-state index contributed by atoms with van der Waals surface area (Å²) in [5.41, 5.74) is 11.8. The number of hydrogen-bond acceptors (Lipinski definition) is 3.